The third kappa shape index (κ3) is 3.64. The first-order valence-corrected chi connectivity index (χ1v) is 6.78. The lowest BCUT2D eigenvalue weighted by Crippen LogP contribution is -1.92. The van der Waals surface area contributed by atoms with Crippen LogP contribution in [0.4, 0.5) is 0 Å². The Balaban J connectivity index is 2.38. The molecule has 21 heavy (non-hydrogen) atoms. The Kier molecular flexibility index (Phi) is 4.63. The summed E-state index contributed by atoms with van der Waals surface area (Å²) in [5, 5.41) is 19.0. The van der Waals surface area contributed by atoms with E-state index in [1.165, 1.54) is 0 Å². The van der Waals surface area contributed by atoms with Crippen LogP contribution in [0.1, 0.15) is 23.6 Å². The lowest BCUT2D eigenvalue weighted by Gasteiger charge is -2.07. The average Bonchev–Trinajstić information content (AvgIpc) is 2.49. The fraction of sp³-hybridized carbons (Fsp3) is 0.167. The number of hydrogen-bond donors (Lipinski definition) is 1. The molecule has 0 aliphatic carbocycles. The minimum atomic E-state index is 0.0999. The van der Waals surface area contributed by atoms with Gasteiger partial charge in [0.25, 0.3) is 0 Å². The molecule has 0 aliphatic rings. The van der Waals surface area contributed by atoms with Crippen LogP contribution in [0.15, 0.2) is 42.5 Å². The molecule has 0 fully saturated rings. The summed E-state index contributed by atoms with van der Waals surface area (Å²) >= 11 is 0. The smallest absolute Gasteiger partial charge is 0.161 e. The van der Waals surface area contributed by atoms with Crippen molar-refractivity contribution in [3.05, 3.63) is 59.2 Å². The molecule has 0 aliphatic heterocycles. The van der Waals surface area contributed by atoms with Gasteiger partial charge >= 0.3 is 0 Å². The minimum Gasteiger partial charge on any atom is -0.504 e. The fourth-order valence-electron chi connectivity index (χ4n) is 1.97. The lowest BCUT2D eigenvalue weighted by atomic mass is 10.0. The second-order valence-electron chi connectivity index (χ2n) is 4.70. The summed E-state index contributed by atoms with van der Waals surface area (Å²) in [6, 6.07) is 15.1. The highest BCUT2D eigenvalue weighted by Gasteiger charge is 2.05. The van der Waals surface area contributed by atoms with Gasteiger partial charge in [0.2, 0.25) is 0 Å². The summed E-state index contributed by atoms with van der Waals surface area (Å²) in [5.74, 6) is 0.523. The van der Waals surface area contributed by atoms with Crippen LogP contribution in [-0.4, -0.2) is 11.7 Å². The molecule has 0 radical (unpaired) electrons. The van der Waals surface area contributed by atoms with Crippen molar-refractivity contribution in [1.29, 1.82) is 5.26 Å². The van der Waals surface area contributed by atoms with Crippen LogP contribution in [0.3, 0.4) is 0 Å². The number of aryl methyl sites for hydroxylation is 1. The first-order valence-electron chi connectivity index (χ1n) is 6.78. The van der Waals surface area contributed by atoms with Crippen molar-refractivity contribution in [2.24, 2.45) is 0 Å². The summed E-state index contributed by atoms with van der Waals surface area (Å²) in [6.07, 6.45) is 1.78. The van der Waals surface area contributed by atoms with E-state index in [-0.39, 0.29) is 5.75 Å². The van der Waals surface area contributed by atoms with Crippen molar-refractivity contribution in [3.63, 3.8) is 0 Å². The van der Waals surface area contributed by atoms with Crippen molar-refractivity contribution >= 4 is 11.6 Å². The van der Waals surface area contributed by atoms with Crippen molar-refractivity contribution in [2.75, 3.05) is 6.61 Å². The SMILES string of the molecule is CCOc1cc(/C=C(/C#N)c2ccc(C)cc2)ccc1O. The second kappa shape index (κ2) is 6.62. The molecule has 3 nitrogen and oxygen atoms in total. The molecule has 0 heterocycles. The maximum Gasteiger partial charge on any atom is 0.161 e. The van der Waals surface area contributed by atoms with Gasteiger partial charge in [-0.3, -0.25) is 0 Å². The fourth-order valence-corrected chi connectivity index (χ4v) is 1.97. The Labute approximate surface area is 124 Å². The lowest BCUT2D eigenvalue weighted by molar-refractivity contribution is 0.318. The zero-order valence-electron chi connectivity index (χ0n) is 12.1. The Morgan fingerprint density at radius 3 is 2.57 bits per heavy atom. The molecule has 0 atom stereocenters. The largest absolute Gasteiger partial charge is 0.504 e. The Bertz CT molecular complexity index is 694. The van der Waals surface area contributed by atoms with Gasteiger partial charge in [-0.25, -0.2) is 0 Å². The summed E-state index contributed by atoms with van der Waals surface area (Å²) in [6.45, 7) is 4.34. The van der Waals surface area contributed by atoms with Crippen LogP contribution in [0, 0.1) is 18.3 Å². The number of nitriles is 1. The molecule has 0 saturated heterocycles. The van der Waals surface area contributed by atoms with Crippen molar-refractivity contribution in [1.82, 2.24) is 0 Å². The Morgan fingerprint density at radius 2 is 1.95 bits per heavy atom. The molecule has 2 aromatic rings. The molecule has 0 spiro atoms. The van der Waals surface area contributed by atoms with Crippen molar-refractivity contribution in [3.8, 4) is 17.6 Å². The number of ether oxygens (including phenoxy) is 1. The van der Waals surface area contributed by atoms with Gasteiger partial charge in [-0.2, -0.15) is 5.26 Å². The van der Waals surface area contributed by atoms with Crippen LogP contribution in [-0.2, 0) is 0 Å². The van der Waals surface area contributed by atoms with Gasteiger partial charge in [0.05, 0.1) is 18.2 Å². The van der Waals surface area contributed by atoms with Crippen LogP contribution in [0.2, 0.25) is 0 Å². The van der Waals surface area contributed by atoms with Gasteiger partial charge in [-0.05, 0) is 43.2 Å². The number of phenols is 1. The Hall–Kier alpha value is -2.73. The molecular weight excluding hydrogens is 262 g/mol. The molecule has 0 bridgehead atoms. The summed E-state index contributed by atoms with van der Waals surface area (Å²) in [5.41, 5.74) is 3.41. The van der Waals surface area contributed by atoms with E-state index >= 15 is 0 Å². The first-order chi connectivity index (χ1) is 10.1. The molecule has 0 unspecified atom stereocenters. The number of phenolic OH excluding ortho intramolecular Hbond substituents is 1. The van der Waals surface area contributed by atoms with E-state index in [2.05, 4.69) is 6.07 Å². The molecule has 0 amide bonds. The predicted octanol–water partition coefficient (Wildman–Crippen LogP) is 4.16. The number of nitrogens with zero attached hydrogens (tertiary/aromatic N) is 1. The molecular formula is C18H17NO2. The van der Waals surface area contributed by atoms with Crippen LogP contribution >= 0.6 is 0 Å². The van der Waals surface area contributed by atoms with Crippen molar-refractivity contribution < 1.29 is 9.84 Å². The molecule has 3 heteroatoms. The van der Waals surface area contributed by atoms with Gasteiger partial charge in [0, 0.05) is 0 Å². The van der Waals surface area contributed by atoms with E-state index in [9.17, 15) is 10.4 Å². The second-order valence-corrected chi connectivity index (χ2v) is 4.70. The van der Waals surface area contributed by atoms with Gasteiger partial charge in [0.1, 0.15) is 0 Å². The first kappa shape index (κ1) is 14.7. The Morgan fingerprint density at radius 1 is 1.24 bits per heavy atom. The highest BCUT2D eigenvalue weighted by Crippen LogP contribution is 2.28. The highest BCUT2D eigenvalue weighted by atomic mass is 16.5. The molecule has 1 N–H and O–H groups in total. The molecule has 0 saturated carbocycles. The van der Waals surface area contributed by atoms with E-state index in [1.807, 2.05) is 38.1 Å². The molecule has 2 rings (SSSR count). The number of hydrogen-bond acceptors (Lipinski definition) is 3. The third-order valence-corrected chi connectivity index (χ3v) is 3.08. The normalized spacial score (nSPS) is 11.0. The van der Waals surface area contributed by atoms with E-state index in [0.717, 1.165) is 16.7 Å². The number of benzene rings is 2. The zero-order valence-corrected chi connectivity index (χ0v) is 12.1. The quantitative estimate of drug-likeness (QED) is 0.675. The predicted molar refractivity (Wildman–Crippen MR) is 83.9 cm³/mol. The summed E-state index contributed by atoms with van der Waals surface area (Å²) in [7, 11) is 0. The van der Waals surface area contributed by atoms with E-state index < -0.39 is 0 Å². The molecule has 2 aromatic carbocycles. The molecule has 0 aromatic heterocycles. The standard InChI is InChI=1S/C18H17NO2/c1-3-21-18-11-14(6-9-17(18)20)10-16(12-19)15-7-4-13(2)5-8-15/h4-11,20H,3H2,1-2H3/b16-10-. The van der Waals surface area contributed by atoms with Gasteiger partial charge in [-0.1, -0.05) is 35.9 Å². The third-order valence-electron chi connectivity index (χ3n) is 3.08. The average molecular weight is 279 g/mol. The zero-order chi connectivity index (χ0) is 15.2. The van der Waals surface area contributed by atoms with Crippen LogP contribution in [0.5, 0.6) is 11.5 Å². The van der Waals surface area contributed by atoms with E-state index in [0.29, 0.717) is 17.9 Å². The molecule has 106 valence electrons. The maximum absolute atomic E-state index is 9.69. The highest BCUT2D eigenvalue weighted by molar-refractivity contribution is 5.89. The monoisotopic (exact) mass is 279 g/mol. The van der Waals surface area contributed by atoms with Crippen LogP contribution < -0.4 is 4.74 Å². The van der Waals surface area contributed by atoms with Crippen LogP contribution in [0.25, 0.3) is 11.6 Å². The van der Waals surface area contributed by atoms with Crippen molar-refractivity contribution in [2.45, 2.75) is 13.8 Å². The minimum absolute atomic E-state index is 0.0999. The summed E-state index contributed by atoms with van der Waals surface area (Å²) in [4.78, 5) is 0. The number of allylic oxidation sites excluding steroid dienone is 1. The van der Waals surface area contributed by atoms with Gasteiger partial charge < -0.3 is 9.84 Å². The van der Waals surface area contributed by atoms with Gasteiger partial charge in [-0.15, -0.1) is 0 Å². The number of rotatable bonds is 4. The summed E-state index contributed by atoms with van der Waals surface area (Å²) < 4.78 is 5.35. The van der Waals surface area contributed by atoms with E-state index in [4.69, 9.17) is 4.74 Å². The van der Waals surface area contributed by atoms with Gasteiger partial charge in [0.15, 0.2) is 11.5 Å². The maximum atomic E-state index is 9.69. The number of aromatic hydroxyl groups is 1. The topological polar surface area (TPSA) is 53.2 Å². The van der Waals surface area contributed by atoms with E-state index in [1.54, 1.807) is 24.3 Å².